The third kappa shape index (κ3) is 1.55. The van der Waals surface area contributed by atoms with E-state index in [1.807, 2.05) is 0 Å². The molecule has 8 heteroatoms. The van der Waals surface area contributed by atoms with Gasteiger partial charge in [0.15, 0.2) is 0 Å². The second kappa shape index (κ2) is 3.78. The Balaban J connectivity index is 5.23. The van der Waals surface area contributed by atoms with Crippen molar-refractivity contribution < 1.29 is 19.4 Å². The standard InChI is InChI=1S/C5H8N2O6/c1-3-5(6(9)10,7(11)12)4(8)13-2/h3H2,1-2H3. The van der Waals surface area contributed by atoms with E-state index in [-0.39, 0.29) is 0 Å². The Morgan fingerprint density at radius 3 is 1.85 bits per heavy atom. The second-order valence-corrected chi connectivity index (χ2v) is 2.18. The molecule has 0 atom stereocenters. The fourth-order valence-corrected chi connectivity index (χ4v) is 0.782. The fraction of sp³-hybridized carbons (Fsp3) is 0.800. The summed E-state index contributed by atoms with van der Waals surface area (Å²) in [4.78, 5) is 29.1. The van der Waals surface area contributed by atoms with Crippen molar-refractivity contribution in [2.45, 2.75) is 19.0 Å². The smallest absolute Gasteiger partial charge is 0.458 e. The van der Waals surface area contributed by atoms with E-state index in [2.05, 4.69) is 4.74 Å². The summed E-state index contributed by atoms with van der Waals surface area (Å²) in [5, 5.41) is 20.7. The summed E-state index contributed by atoms with van der Waals surface area (Å²) in [5.74, 6) is -1.47. The highest BCUT2D eigenvalue weighted by Gasteiger charge is 2.64. The first-order chi connectivity index (χ1) is 5.93. The normalized spacial score (nSPS) is 10.6. The zero-order chi connectivity index (χ0) is 10.6. The van der Waals surface area contributed by atoms with Gasteiger partial charge < -0.3 is 4.74 Å². The summed E-state index contributed by atoms with van der Waals surface area (Å²) >= 11 is 0. The fourth-order valence-electron chi connectivity index (χ4n) is 0.782. The molecule has 0 aromatic heterocycles. The van der Waals surface area contributed by atoms with Gasteiger partial charge in [0.05, 0.1) is 13.5 Å². The van der Waals surface area contributed by atoms with Crippen LogP contribution in [-0.4, -0.2) is 28.6 Å². The Morgan fingerprint density at radius 1 is 1.38 bits per heavy atom. The maximum Gasteiger partial charge on any atom is 0.552 e. The molecule has 0 saturated heterocycles. The average molecular weight is 192 g/mol. The number of esters is 1. The van der Waals surface area contributed by atoms with Crippen LogP contribution < -0.4 is 0 Å². The van der Waals surface area contributed by atoms with Gasteiger partial charge in [-0.3, -0.25) is 20.2 Å². The molecule has 0 aliphatic carbocycles. The first kappa shape index (κ1) is 11.3. The topological polar surface area (TPSA) is 113 Å². The van der Waals surface area contributed by atoms with Gasteiger partial charge in [-0.05, 0) is 0 Å². The molecule has 74 valence electrons. The predicted molar refractivity (Wildman–Crippen MR) is 39.0 cm³/mol. The molecule has 0 bridgehead atoms. The first-order valence-corrected chi connectivity index (χ1v) is 3.30. The van der Waals surface area contributed by atoms with E-state index in [9.17, 15) is 25.0 Å². The number of hydrogen-bond acceptors (Lipinski definition) is 6. The molecule has 0 heterocycles. The van der Waals surface area contributed by atoms with Crippen molar-refractivity contribution in [2.75, 3.05) is 7.11 Å². The maximum absolute atomic E-state index is 10.8. The van der Waals surface area contributed by atoms with E-state index in [0.29, 0.717) is 0 Å². The van der Waals surface area contributed by atoms with Crippen LogP contribution in [0, 0.1) is 20.2 Å². The number of carbonyl (C=O) groups is 1. The summed E-state index contributed by atoms with van der Waals surface area (Å²) in [7, 11) is 0.861. The van der Waals surface area contributed by atoms with Crippen LogP contribution in [0.4, 0.5) is 0 Å². The summed E-state index contributed by atoms with van der Waals surface area (Å²) < 4.78 is 4.01. The van der Waals surface area contributed by atoms with Crippen molar-refractivity contribution in [3.05, 3.63) is 20.2 Å². The Hall–Kier alpha value is -1.73. The van der Waals surface area contributed by atoms with Crippen LogP contribution in [0.1, 0.15) is 13.3 Å². The first-order valence-electron chi connectivity index (χ1n) is 3.30. The van der Waals surface area contributed by atoms with Gasteiger partial charge in [-0.25, -0.2) is 4.79 Å². The van der Waals surface area contributed by atoms with Crippen LogP contribution in [0.3, 0.4) is 0 Å². The number of nitro groups is 2. The lowest BCUT2D eigenvalue weighted by molar-refractivity contribution is -0.778. The minimum Gasteiger partial charge on any atom is -0.458 e. The van der Waals surface area contributed by atoms with Gasteiger partial charge in [0.25, 0.3) is 0 Å². The third-order valence-electron chi connectivity index (χ3n) is 1.61. The lowest BCUT2D eigenvalue weighted by atomic mass is 10.1. The Kier molecular flexibility index (Phi) is 3.28. The average Bonchev–Trinajstić information content (AvgIpc) is 2.04. The monoisotopic (exact) mass is 192 g/mol. The number of nitrogens with zero attached hydrogens (tertiary/aromatic N) is 2. The Labute approximate surface area is 72.8 Å². The van der Waals surface area contributed by atoms with Gasteiger partial charge in [0, 0.05) is 0 Å². The molecule has 0 aliphatic rings. The van der Waals surface area contributed by atoms with Crippen LogP contribution in [0.2, 0.25) is 0 Å². The SMILES string of the molecule is CCC(C(=O)OC)([N+](=O)[O-])[N+](=O)[O-]. The Morgan fingerprint density at radius 2 is 1.77 bits per heavy atom. The molecule has 0 saturated carbocycles. The minimum atomic E-state index is -2.87. The van der Waals surface area contributed by atoms with Crippen molar-refractivity contribution >= 4 is 5.97 Å². The van der Waals surface area contributed by atoms with Gasteiger partial charge in [0.2, 0.25) is 0 Å². The zero-order valence-corrected chi connectivity index (χ0v) is 7.05. The molecule has 0 spiro atoms. The highest BCUT2D eigenvalue weighted by atomic mass is 16.7. The summed E-state index contributed by atoms with van der Waals surface area (Å²) in [5.41, 5.74) is -2.87. The van der Waals surface area contributed by atoms with E-state index >= 15 is 0 Å². The molecule has 0 aromatic carbocycles. The number of ether oxygens (including phenoxy) is 1. The third-order valence-corrected chi connectivity index (χ3v) is 1.61. The predicted octanol–water partition coefficient (Wildman–Crippen LogP) is -0.181. The summed E-state index contributed by atoms with van der Waals surface area (Å²) in [6.07, 6.45) is -0.556. The van der Waals surface area contributed by atoms with E-state index in [0.717, 1.165) is 7.11 Å². The van der Waals surface area contributed by atoms with Crippen LogP contribution >= 0.6 is 0 Å². The summed E-state index contributed by atoms with van der Waals surface area (Å²) in [6, 6.07) is 0. The van der Waals surface area contributed by atoms with Crippen molar-refractivity contribution in [2.24, 2.45) is 0 Å². The van der Waals surface area contributed by atoms with Crippen molar-refractivity contribution in [1.82, 2.24) is 0 Å². The van der Waals surface area contributed by atoms with Gasteiger partial charge in [-0.15, -0.1) is 0 Å². The van der Waals surface area contributed by atoms with Crippen LogP contribution in [0.5, 0.6) is 0 Å². The molecule has 0 unspecified atom stereocenters. The zero-order valence-electron chi connectivity index (χ0n) is 7.05. The van der Waals surface area contributed by atoms with Crippen LogP contribution in [0.15, 0.2) is 0 Å². The lowest BCUT2D eigenvalue weighted by Crippen LogP contribution is -2.53. The molecule has 0 radical (unpaired) electrons. The van der Waals surface area contributed by atoms with Crippen LogP contribution in [-0.2, 0) is 9.53 Å². The van der Waals surface area contributed by atoms with Gasteiger partial charge in [0.1, 0.15) is 9.85 Å². The second-order valence-electron chi connectivity index (χ2n) is 2.18. The quantitative estimate of drug-likeness (QED) is 0.264. The van der Waals surface area contributed by atoms with E-state index in [1.165, 1.54) is 6.92 Å². The molecule has 0 amide bonds. The number of methoxy groups -OCH3 is 1. The minimum absolute atomic E-state index is 0.556. The molecule has 0 rings (SSSR count). The lowest BCUT2D eigenvalue weighted by Gasteiger charge is -2.11. The van der Waals surface area contributed by atoms with Crippen molar-refractivity contribution in [3.63, 3.8) is 0 Å². The molecule has 0 N–H and O–H groups in total. The van der Waals surface area contributed by atoms with E-state index < -0.39 is 27.9 Å². The maximum atomic E-state index is 10.8. The molecule has 0 fully saturated rings. The van der Waals surface area contributed by atoms with Crippen molar-refractivity contribution in [1.29, 1.82) is 0 Å². The largest absolute Gasteiger partial charge is 0.552 e. The Bertz CT molecular complexity index is 235. The van der Waals surface area contributed by atoms with Gasteiger partial charge in [-0.1, -0.05) is 6.92 Å². The van der Waals surface area contributed by atoms with Gasteiger partial charge >= 0.3 is 11.6 Å². The molecular weight excluding hydrogens is 184 g/mol. The van der Waals surface area contributed by atoms with Gasteiger partial charge in [-0.2, -0.15) is 0 Å². The number of carbonyl (C=O) groups excluding carboxylic acids is 1. The van der Waals surface area contributed by atoms with E-state index in [4.69, 9.17) is 0 Å². The summed E-state index contributed by atoms with van der Waals surface area (Å²) in [6.45, 7) is 1.17. The van der Waals surface area contributed by atoms with E-state index in [1.54, 1.807) is 0 Å². The van der Waals surface area contributed by atoms with Crippen LogP contribution in [0.25, 0.3) is 0 Å². The highest BCUT2D eigenvalue weighted by molar-refractivity contribution is 5.76. The molecule has 0 aromatic rings. The molecular formula is C5H8N2O6. The molecule has 0 aliphatic heterocycles. The molecule has 13 heavy (non-hydrogen) atoms. The number of hydrogen-bond donors (Lipinski definition) is 0. The number of rotatable bonds is 4. The molecule has 8 nitrogen and oxygen atoms in total. The highest BCUT2D eigenvalue weighted by Crippen LogP contribution is 2.17. The van der Waals surface area contributed by atoms with Crippen molar-refractivity contribution in [3.8, 4) is 0 Å².